The first kappa shape index (κ1) is 12.0. The van der Waals surface area contributed by atoms with Crippen LogP contribution in [0, 0.1) is 11.3 Å². The van der Waals surface area contributed by atoms with Gasteiger partial charge in [0.1, 0.15) is 11.8 Å². The summed E-state index contributed by atoms with van der Waals surface area (Å²) in [6.07, 6.45) is 2.55. The van der Waals surface area contributed by atoms with Gasteiger partial charge in [-0.1, -0.05) is 6.92 Å². The van der Waals surface area contributed by atoms with Gasteiger partial charge in [0.05, 0.1) is 18.3 Å². The van der Waals surface area contributed by atoms with Gasteiger partial charge in [0.25, 0.3) is 0 Å². The maximum Gasteiger partial charge on any atom is 0.213 e. The van der Waals surface area contributed by atoms with Crippen molar-refractivity contribution in [2.24, 2.45) is 0 Å². The summed E-state index contributed by atoms with van der Waals surface area (Å²) in [7, 11) is 0. The lowest BCUT2D eigenvalue weighted by Crippen LogP contribution is -2.00. The van der Waals surface area contributed by atoms with Gasteiger partial charge in [0.2, 0.25) is 5.89 Å². The number of oxazole rings is 1. The minimum absolute atomic E-state index is 0.460. The molecule has 2 rings (SSSR count). The van der Waals surface area contributed by atoms with Gasteiger partial charge >= 0.3 is 0 Å². The van der Waals surface area contributed by atoms with Crippen LogP contribution in [0.2, 0.25) is 0 Å². The average Bonchev–Trinajstić information content (AvgIpc) is 2.86. The van der Waals surface area contributed by atoms with Crippen molar-refractivity contribution < 1.29 is 4.42 Å². The van der Waals surface area contributed by atoms with E-state index in [1.54, 1.807) is 18.3 Å². The zero-order valence-corrected chi connectivity index (χ0v) is 10.1. The maximum atomic E-state index is 8.87. The average molecular weight is 242 g/mol. The Morgan fingerprint density at radius 2 is 2.33 bits per heavy atom. The van der Waals surface area contributed by atoms with E-state index >= 15 is 0 Å². The number of hydrogen-bond acceptors (Lipinski definition) is 5. The van der Waals surface area contributed by atoms with Gasteiger partial charge in [0.15, 0.2) is 0 Å². The quantitative estimate of drug-likeness (QED) is 0.803. The van der Waals surface area contributed by atoms with Crippen LogP contribution in [-0.2, 0) is 13.0 Å². The lowest BCUT2D eigenvalue weighted by Gasteiger charge is -2.05. The fraction of sp³-hybridized carbons (Fsp3) is 0.231. The number of nitrogen functional groups attached to an aromatic ring is 1. The molecule has 0 bridgehead atoms. The molecule has 0 atom stereocenters. The Morgan fingerprint density at radius 3 is 3.00 bits per heavy atom. The molecule has 0 spiro atoms. The van der Waals surface area contributed by atoms with E-state index < -0.39 is 0 Å². The topological polar surface area (TPSA) is 87.9 Å². The molecule has 0 aliphatic heterocycles. The number of rotatable bonds is 4. The van der Waals surface area contributed by atoms with Gasteiger partial charge in [-0.3, -0.25) is 0 Å². The molecule has 18 heavy (non-hydrogen) atoms. The van der Waals surface area contributed by atoms with E-state index in [-0.39, 0.29) is 0 Å². The van der Waals surface area contributed by atoms with Crippen molar-refractivity contribution in [3.63, 3.8) is 0 Å². The summed E-state index contributed by atoms with van der Waals surface area (Å²) in [5.41, 5.74) is 7.40. The van der Waals surface area contributed by atoms with Crippen molar-refractivity contribution in [1.82, 2.24) is 4.98 Å². The molecular weight excluding hydrogens is 228 g/mol. The van der Waals surface area contributed by atoms with Crippen LogP contribution in [0.25, 0.3) is 0 Å². The highest BCUT2D eigenvalue weighted by atomic mass is 16.4. The Hall–Kier alpha value is -2.48. The monoisotopic (exact) mass is 242 g/mol. The first-order valence-electron chi connectivity index (χ1n) is 5.70. The Morgan fingerprint density at radius 1 is 1.50 bits per heavy atom. The fourth-order valence-electron chi connectivity index (χ4n) is 1.53. The van der Waals surface area contributed by atoms with Gasteiger partial charge in [-0.15, -0.1) is 0 Å². The third-order valence-corrected chi connectivity index (χ3v) is 2.57. The minimum atomic E-state index is 0.460. The first-order chi connectivity index (χ1) is 8.72. The Labute approximate surface area is 105 Å². The van der Waals surface area contributed by atoms with Crippen molar-refractivity contribution in [3.05, 3.63) is 41.6 Å². The van der Waals surface area contributed by atoms with Crippen LogP contribution in [0.5, 0.6) is 0 Å². The number of hydrogen-bond donors (Lipinski definition) is 2. The molecule has 0 saturated heterocycles. The molecule has 1 aromatic carbocycles. The normalized spacial score (nSPS) is 10.0. The molecule has 0 radical (unpaired) electrons. The second kappa shape index (κ2) is 5.23. The summed E-state index contributed by atoms with van der Waals surface area (Å²) in [5, 5.41) is 12.0. The molecule has 0 aliphatic carbocycles. The van der Waals surface area contributed by atoms with Crippen molar-refractivity contribution in [1.29, 1.82) is 5.26 Å². The molecule has 0 saturated carbocycles. The van der Waals surface area contributed by atoms with Gasteiger partial charge < -0.3 is 15.5 Å². The second-order valence-electron chi connectivity index (χ2n) is 3.84. The van der Waals surface area contributed by atoms with E-state index in [9.17, 15) is 0 Å². The molecule has 0 unspecified atom stereocenters. The standard InChI is InChI=1S/C13H14N4O/c1-2-11-7-17-13(18-11)8-16-10-3-4-12(15)9(5-10)6-14/h3-5,7,16H,2,8,15H2,1H3. The lowest BCUT2D eigenvalue weighted by molar-refractivity contribution is 0.466. The first-order valence-corrected chi connectivity index (χ1v) is 5.70. The van der Waals surface area contributed by atoms with Crippen molar-refractivity contribution in [3.8, 4) is 6.07 Å². The summed E-state index contributed by atoms with van der Waals surface area (Å²) < 4.78 is 5.47. The third-order valence-electron chi connectivity index (χ3n) is 2.57. The van der Waals surface area contributed by atoms with Crippen LogP contribution in [0.4, 0.5) is 11.4 Å². The largest absolute Gasteiger partial charge is 0.444 e. The van der Waals surface area contributed by atoms with Gasteiger partial charge in [-0.2, -0.15) is 5.26 Å². The lowest BCUT2D eigenvalue weighted by atomic mass is 10.2. The molecule has 5 heteroatoms. The summed E-state index contributed by atoms with van der Waals surface area (Å²) in [6, 6.07) is 7.27. The summed E-state index contributed by atoms with van der Waals surface area (Å²) in [4.78, 5) is 4.14. The van der Waals surface area contributed by atoms with Crippen molar-refractivity contribution >= 4 is 11.4 Å². The number of aryl methyl sites for hydroxylation is 1. The van der Waals surface area contributed by atoms with Gasteiger partial charge in [0, 0.05) is 17.8 Å². The Balaban J connectivity index is 2.04. The molecule has 0 aliphatic rings. The number of nitriles is 1. The summed E-state index contributed by atoms with van der Waals surface area (Å²) >= 11 is 0. The SMILES string of the molecule is CCc1cnc(CNc2ccc(N)c(C#N)c2)o1. The highest BCUT2D eigenvalue weighted by Gasteiger charge is 2.03. The zero-order valence-electron chi connectivity index (χ0n) is 10.1. The highest BCUT2D eigenvalue weighted by Crippen LogP contribution is 2.17. The predicted octanol–water partition coefficient (Wildman–Crippen LogP) is 2.30. The Bertz CT molecular complexity index is 583. The molecule has 3 N–H and O–H groups in total. The molecule has 0 fully saturated rings. The molecule has 2 aromatic rings. The molecule has 0 amide bonds. The third kappa shape index (κ3) is 2.61. The van der Waals surface area contributed by atoms with E-state index in [0.29, 0.717) is 23.7 Å². The predicted molar refractivity (Wildman–Crippen MR) is 68.8 cm³/mol. The van der Waals surface area contributed by atoms with Crippen LogP contribution in [0.1, 0.15) is 24.1 Å². The summed E-state index contributed by atoms with van der Waals surface area (Å²) in [6.45, 7) is 2.49. The number of nitrogens with zero attached hydrogens (tertiary/aromatic N) is 2. The molecule has 1 heterocycles. The molecule has 5 nitrogen and oxygen atoms in total. The van der Waals surface area contributed by atoms with Gasteiger partial charge in [-0.05, 0) is 18.2 Å². The smallest absolute Gasteiger partial charge is 0.213 e. The van der Waals surface area contributed by atoms with Crippen LogP contribution >= 0.6 is 0 Å². The van der Waals surface area contributed by atoms with E-state index in [1.807, 2.05) is 19.1 Å². The van der Waals surface area contributed by atoms with Crippen LogP contribution in [-0.4, -0.2) is 4.98 Å². The van der Waals surface area contributed by atoms with Gasteiger partial charge in [-0.25, -0.2) is 4.98 Å². The second-order valence-corrected chi connectivity index (χ2v) is 3.84. The van der Waals surface area contributed by atoms with Crippen LogP contribution in [0.15, 0.2) is 28.8 Å². The maximum absolute atomic E-state index is 8.87. The number of nitrogens with two attached hydrogens (primary N) is 1. The zero-order chi connectivity index (χ0) is 13.0. The van der Waals surface area contributed by atoms with E-state index in [4.69, 9.17) is 15.4 Å². The molecule has 1 aromatic heterocycles. The summed E-state index contributed by atoms with van der Waals surface area (Å²) in [5.74, 6) is 1.49. The van der Waals surface area contributed by atoms with E-state index in [2.05, 4.69) is 10.3 Å². The van der Waals surface area contributed by atoms with Crippen LogP contribution in [0.3, 0.4) is 0 Å². The number of nitrogens with one attached hydrogen (secondary N) is 1. The van der Waals surface area contributed by atoms with Crippen molar-refractivity contribution in [2.75, 3.05) is 11.1 Å². The number of aromatic nitrogens is 1. The van der Waals surface area contributed by atoms with E-state index in [1.165, 1.54) is 0 Å². The number of benzene rings is 1. The Kier molecular flexibility index (Phi) is 3.49. The number of anilines is 2. The minimum Gasteiger partial charge on any atom is -0.444 e. The van der Waals surface area contributed by atoms with Crippen molar-refractivity contribution in [2.45, 2.75) is 19.9 Å². The fourth-order valence-corrected chi connectivity index (χ4v) is 1.53. The molecule has 92 valence electrons. The van der Waals surface area contributed by atoms with E-state index in [0.717, 1.165) is 17.9 Å². The highest BCUT2D eigenvalue weighted by molar-refractivity contribution is 5.61. The molecular formula is C13H14N4O. The van der Waals surface area contributed by atoms with Crippen LogP contribution < -0.4 is 11.1 Å².